The summed E-state index contributed by atoms with van der Waals surface area (Å²) in [7, 11) is 0. The predicted octanol–water partition coefficient (Wildman–Crippen LogP) is -1.04. The number of rotatable bonds is 5. The van der Waals surface area contributed by atoms with Crippen molar-refractivity contribution in [2.75, 3.05) is 6.61 Å². The number of hydrogen-bond donors (Lipinski definition) is 3. The van der Waals surface area contributed by atoms with Crippen molar-refractivity contribution in [3.63, 3.8) is 0 Å². The Balaban J connectivity index is 2.82. The minimum Gasteiger partial charge on any atom is -0.394 e. The maximum atomic E-state index is 12.3. The third kappa shape index (κ3) is 2.84. The highest BCUT2D eigenvalue weighted by Crippen LogP contribution is 2.43. The Labute approximate surface area is 151 Å². The summed E-state index contributed by atoms with van der Waals surface area (Å²) in [5.74, 6) is -1.52. The quantitative estimate of drug-likeness (QED) is 0.468. The fourth-order valence-corrected chi connectivity index (χ4v) is 3.84. The summed E-state index contributed by atoms with van der Waals surface area (Å²) in [5, 5.41) is 19.6. The monoisotopic (exact) mass is 468 g/mol. The summed E-state index contributed by atoms with van der Waals surface area (Å²) in [4.78, 5) is 50.3. The molecule has 132 valence electrons. The molecule has 0 aliphatic carbocycles. The molecule has 1 aromatic heterocycles. The van der Waals surface area contributed by atoms with Crippen molar-refractivity contribution in [2.24, 2.45) is 5.92 Å². The topological polar surface area (TPSA) is 139 Å². The van der Waals surface area contributed by atoms with Crippen LogP contribution < -0.4 is 11.2 Å². The number of H-pyrrole nitrogens is 1. The van der Waals surface area contributed by atoms with E-state index < -0.39 is 51.1 Å². The molecular weight excluding hydrogens is 456 g/mol. The van der Waals surface area contributed by atoms with E-state index in [2.05, 4.69) is 36.8 Å². The van der Waals surface area contributed by atoms with Crippen molar-refractivity contribution in [3.8, 4) is 0 Å². The molecule has 4 atom stereocenters. The Hall–Kier alpha value is -1.14. The van der Waals surface area contributed by atoms with Crippen LogP contribution in [0, 0.1) is 5.92 Å². The van der Waals surface area contributed by atoms with Crippen molar-refractivity contribution in [2.45, 2.75) is 31.3 Å². The Morgan fingerprint density at radius 3 is 2.50 bits per heavy atom. The summed E-state index contributed by atoms with van der Waals surface area (Å²) < 4.78 is 4.49. The maximum absolute atomic E-state index is 12.3. The first kappa shape index (κ1) is 19.2. The predicted molar refractivity (Wildman–Crippen MR) is 88.0 cm³/mol. The van der Waals surface area contributed by atoms with E-state index in [0.29, 0.717) is 0 Å². The van der Waals surface area contributed by atoms with Crippen LogP contribution in [-0.2, 0) is 26.5 Å². The van der Waals surface area contributed by atoms with E-state index >= 15 is 0 Å². The third-order valence-electron chi connectivity index (χ3n) is 3.94. The number of halogens is 2. The highest BCUT2D eigenvalue weighted by atomic mass is 79.9. The minimum absolute atomic E-state index is 0.175. The molecule has 0 unspecified atom stereocenters. The fourth-order valence-electron chi connectivity index (χ4n) is 2.73. The van der Waals surface area contributed by atoms with Crippen molar-refractivity contribution < 1.29 is 24.5 Å². The molecule has 1 fully saturated rings. The smallest absolute Gasteiger partial charge is 0.331 e. The van der Waals surface area contributed by atoms with Gasteiger partial charge in [0.05, 0.1) is 12.7 Å². The van der Waals surface area contributed by atoms with Crippen molar-refractivity contribution in [3.05, 3.63) is 32.6 Å². The molecule has 0 spiro atoms. The molecule has 1 saturated heterocycles. The van der Waals surface area contributed by atoms with Gasteiger partial charge in [0.25, 0.3) is 10.3 Å². The minimum atomic E-state index is -2.25. The Morgan fingerprint density at radius 2 is 2.04 bits per heavy atom. The largest absolute Gasteiger partial charge is 0.394 e. The lowest BCUT2D eigenvalue weighted by atomic mass is 9.93. The third-order valence-corrected chi connectivity index (χ3v) is 5.00. The standard InChI is InChI=1S/C13H14Br2N2O7/c1-2-5-3-17(12(23)16-10(5)21)13(11(15)22)7(9(14)20)8(19)6(4-18)24-13/h3,6-8,18-19H,2,4H2,1H3,(H,16,21,23)/t6-,7+,8-,13+/m1/s1. The van der Waals surface area contributed by atoms with Crippen LogP contribution in [0.4, 0.5) is 0 Å². The number of carbonyl (C=O) groups is 2. The van der Waals surface area contributed by atoms with E-state index in [1.165, 1.54) is 0 Å². The molecule has 9 nitrogen and oxygen atoms in total. The number of nitrogens with one attached hydrogen (secondary N) is 1. The van der Waals surface area contributed by atoms with Crippen molar-refractivity contribution >= 4 is 41.2 Å². The lowest BCUT2D eigenvalue weighted by Gasteiger charge is -2.31. The first-order valence-electron chi connectivity index (χ1n) is 6.92. The first-order chi connectivity index (χ1) is 11.2. The average molecular weight is 470 g/mol. The van der Waals surface area contributed by atoms with Crippen LogP contribution in [0.2, 0.25) is 0 Å². The molecule has 0 radical (unpaired) electrons. The molecule has 3 N–H and O–H groups in total. The van der Waals surface area contributed by atoms with Crippen LogP contribution >= 0.6 is 31.9 Å². The second kappa shape index (κ2) is 7.00. The van der Waals surface area contributed by atoms with E-state index in [0.717, 1.165) is 10.8 Å². The zero-order valence-electron chi connectivity index (χ0n) is 12.4. The van der Waals surface area contributed by atoms with E-state index in [9.17, 15) is 29.4 Å². The summed E-state index contributed by atoms with van der Waals surface area (Å²) in [6.45, 7) is 0.981. The summed E-state index contributed by atoms with van der Waals surface area (Å²) >= 11 is 5.40. The van der Waals surface area contributed by atoms with E-state index in [1.807, 2.05) is 0 Å². The number of aromatic amines is 1. The molecule has 24 heavy (non-hydrogen) atoms. The lowest BCUT2D eigenvalue weighted by molar-refractivity contribution is -0.160. The summed E-state index contributed by atoms with van der Waals surface area (Å²) in [6.07, 6.45) is -1.47. The molecule has 2 rings (SSSR count). The van der Waals surface area contributed by atoms with Crippen LogP contribution in [0.5, 0.6) is 0 Å². The zero-order valence-corrected chi connectivity index (χ0v) is 15.5. The molecule has 1 aliphatic heterocycles. The van der Waals surface area contributed by atoms with Gasteiger partial charge in [-0.2, -0.15) is 0 Å². The van der Waals surface area contributed by atoms with Gasteiger partial charge in [-0.3, -0.25) is 23.9 Å². The van der Waals surface area contributed by atoms with Gasteiger partial charge in [-0.05, 0) is 38.3 Å². The van der Waals surface area contributed by atoms with Gasteiger partial charge in [-0.1, -0.05) is 6.92 Å². The van der Waals surface area contributed by atoms with Gasteiger partial charge in [0, 0.05) is 11.8 Å². The average Bonchev–Trinajstić information content (AvgIpc) is 2.81. The number of aryl methyl sites for hydroxylation is 1. The molecule has 11 heteroatoms. The maximum Gasteiger partial charge on any atom is 0.331 e. The van der Waals surface area contributed by atoms with Gasteiger partial charge in [-0.25, -0.2) is 4.79 Å². The van der Waals surface area contributed by atoms with Gasteiger partial charge in [0.15, 0.2) is 0 Å². The molecule has 0 amide bonds. The van der Waals surface area contributed by atoms with Crippen LogP contribution in [0.3, 0.4) is 0 Å². The zero-order chi connectivity index (χ0) is 18.2. The summed E-state index contributed by atoms with van der Waals surface area (Å²) in [5.41, 5.74) is -3.70. The molecule has 1 aromatic rings. The van der Waals surface area contributed by atoms with Crippen LogP contribution in [0.25, 0.3) is 0 Å². The van der Waals surface area contributed by atoms with Gasteiger partial charge in [-0.15, -0.1) is 0 Å². The number of carbonyl (C=O) groups excluding carboxylic acids is 2. The summed E-state index contributed by atoms with van der Waals surface area (Å²) in [6, 6.07) is 0. The second-order valence-corrected chi connectivity index (χ2v) is 6.72. The lowest BCUT2D eigenvalue weighted by Crippen LogP contribution is -2.54. The molecule has 0 bridgehead atoms. The molecular formula is C13H14Br2N2O7. The number of aliphatic hydroxyl groups excluding tert-OH is 2. The molecule has 0 saturated carbocycles. The van der Waals surface area contributed by atoms with Gasteiger partial charge >= 0.3 is 5.69 Å². The highest BCUT2D eigenvalue weighted by Gasteiger charge is 2.62. The molecule has 2 heterocycles. The number of aromatic nitrogens is 2. The van der Waals surface area contributed by atoms with Crippen LogP contribution in [0.1, 0.15) is 12.5 Å². The Bertz CT molecular complexity index is 789. The van der Waals surface area contributed by atoms with E-state index in [4.69, 9.17) is 4.74 Å². The number of hydrogen-bond acceptors (Lipinski definition) is 7. The SMILES string of the molecule is CCc1cn([C@]2(C(=O)Br)O[C@H](CO)[C@@H](O)[C@H]2C(=O)Br)c(=O)[nH]c1=O. The van der Waals surface area contributed by atoms with Crippen LogP contribution in [0.15, 0.2) is 15.8 Å². The second-order valence-electron chi connectivity index (χ2n) is 5.22. The number of aliphatic hydroxyl groups is 2. The van der Waals surface area contributed by atoms with E-state index in [-0.39, 0.29) is 12.0 Å². The Morgan fingerprint density at radius 1 is 1.42 bits per heavy atom. The number of nitrogens with zero attached hydrogens (tertiary/aromatic N) is 1. The van der Waals surface area contributed by atoms with Crippen LogP contribution in [-0.4, -0.2) is 48.0 Å². The fraction of sp³-hybridized carbons (Fsp3) is 0.538. The highest BCUT2D eigenvalue weighted by molar-refractivity contribution is 9.18. The normalized spacial score (nSPS) is 29.6. The van der Waals surface area contributed by atoms with Gasteiger partial charge < -0.3 is 14.9 Å². The van der Waals surface area contributed by atoms with Crippen molar-refractivity contribution in [1.29, 1.82) is 0 Å². The molecule has 0 aromatic carbocycles. The molecule has 1 aliphatic rings. The van der Waals surface area contributed by atoms with Gasteiger partial charge in [0.1, 0.15) is 12.0 Å². The number of ether oxygens (including phenoxy) is 1. The first-order valence-corrected chi connectivity index (χ1v) is 8.50. The van der Waals surface area contributed by atoms with Gasteiger partial charge in [0.2, 0.25) is 10.4 Å². The van der Waals surface area contributed by atoms with E-state index in [1.54, 1.807) is 6.92 Å². The van der Waals surface area contributed by atoms with Crippen molar-refractivity contribution in [1.82, 2.24) is 9.55 Å². The Kier molecular flexibility index (Phi) is 5.60.